The number of anilines is 1. The highest BCUT2D eigenvalue weighted by Gasteiger charge is 2.20. The highest BCUT2D eigenvalue weighted by atomic mass is 16.5. The fourth-order valence-corrected chi connectivity index (χ4v) is 3.59. The molecule has 0 bridgehead atoms. The number of nitrogens with one attached hydrogen (secondary N) is 1. The monoisotopic (exact) mass is 300 g/mol. The zero-order valence-electron chi connectivity index (χ0n) is 13.2. The van der Waals surface area contributed by atoms with Crippen molar-refractivity contribution in [3.8, 4) is 0 Å². The number of ether oxygens (including phenoxy) is 1. The van der Waals surface area contributed by atoms with Crippen molar-refractivity contribution in [2.45, 2.75) is 32.4 Å². The molecule has 2 aromatic rings. The van der Waals surface area contributed by atoms with Gasteiger partial charge >= 0.3 is 0 Å². The van der Waals surface area contributed by atoms with Crippen LogP contribution in [-0.4, -0.2) is 42.6 Å². The summed E-state index contributed by atoms with van der Waals surface area (Å²) >= 11 is 0. The topological polar surface area (TPSA) is 42.3 Å². The van der Waals surface area contributed by atoms with Crippen LogP contribution in [0.25, 0.3) is 10.9 Å². The first-order chi connectivity index (χ1) is 10.8. The van der Waals surface area contributed by atoms with Gasteiger partial charge in [-0.05, 0) is 43.9 Å². The van der Waals surface area contributed by atoms with Gasteiger partial charge in [0.2, 0.25) is 0 Å². The fraction of sp³-hybridized carbons (Fsp3) is 0.588. The van der Waals surface area contributed by atoms with Crippen molar-refractivity contribution in [3.63, 3.8) is 0 Å². The van der Waals surface area contributed by atoms with Gasteiger partial charge in [0.1, 0.15) is 0 Å². The quantitative estimate of drug-likeness (QED) is 0.925. The summed E-state index contributed by atoms with van der Waals surface area (Å²) in [6, 6.07) is 4.57. The van der Waals surface area contributed by atoms with Crippen LogP contribution in [0.5, 0.6) is 0 Å². The van der Waals surface area contributed by atoms with Gasteiger partial charge in [-0.25, -0.2) is 4.68 Å². The predicted octanol–water partition coefficient (Wildman–Crippen LogP) is 2.45. The van der Waals surface area contributed by atoms with Crippen LogP contribution in [0.3, 0.4) is 0 Å². The molecule has 2 aliphatic rings. The van der Waals surface area contributed by atoms with Gasteiger partial charge in [0, 0.05) is 43.9 Å². The minimum absolute atomic E-state index is 0.102. The Morgan fingerprint density at radius 2 is 2.09 bits per heavy atom. The Morgan fingerprint density at radius 3 is 2.86 bits per heavy atom. The summed E-state index contributed by atoms with van der Waals surface area (Å²) < 4.78 is 8.01. The molecule has 5 heteroatoms. The van der Waals surface area contributed by atoms with Crippen molar-refractivity contribution < 1.29 is 4.74 Å². The van der Waals surface area contributed by atoms with E-state index in [0.29, 0.717) is 0 Å². The standard InChI is InChI=1S/C17H24N4O/c1-13-10-14-12-19-21(17-4-2-3-9-22-17)16(14)11-15(13)20-7-5-18-6-8-20/h10-12,17-18H,2-9H2,1H3. The number of hydrogen-bond acceptors (Lipinski definition) is 4. The fourth-order valence-electron chi connectivity index (χ4n) is 3.59. The lowest BCUT2D eigenvalue weighted by Crippen LogP contribution is -2.43. The number of piperazine rings is 1. The van der Waals surface area contributed by atoms with Crippen molar-refractivity contribution in [3.05, 3.63) is 23.9 Å². The SMILES string of the molecule is Cc1cc2cnn(C3CCCCO3)c2cc1N1CCNCC1. The van der Waals surface area contributed by atoms with Crippen LogP contribution >= 0.6 is 0 Å². The molecule has 118 valence electrons. The molecule has 5 nitrogen and oxygen atoms in total. The van der Waals surface area contributed by atoms with Gasteiger partial charge in [0.25, 0.3) is 0 Å². The van der Waals surface area contributed by atoms with Crippen molar-refractivity contribution in [1.82, 2.24) is 15.1 Å². The van der Waals surface area contributed by atoms with Crippen LogP contribution in [0, 0.1) is 6.92 Å². The molecule has 0 amide bonds. The summed E-state index contributed by atoms with van der Waals surface area (Å²) in [4.78, 5) is 2.48. The van der Waals surface area contributed by atoms with Crippen molar-refractivity contribution in [1.29, 1.82) is 0 Å². The van der Waals surface area contributed by atoms with Crippen LogP contribution in [0.2, 0.25) is 0 Å². The van der Waals surface area contributed by atoms with Gasteiger partial charge in [0.05, 0.1) is 11.7 Å². The van der Waals surface area contributed by atoms with Gasteiger partial charge in [-0.15, -0.1) is 0 Å². The second kappa shape index (κ2) is 5.89. The third kappa shape index (κ3) is 2.48. The van der Waals surface area contributed by atoms with E-state index < -0.39 is 0 Å². The highest BCUT2D eigenvalue weighted by Crippen LogP contribution is 2.31. The molecule has 2 saturated heterocycles. The maximum Gasteiger partial charge on any atom is 0.150 e. The van der Waals surface area contributed by atoms with Crippen LogP contribution in [0.1, 0.15) is 31.1 Å². The lowest BCUT2D eigenvalue weighted by Gasteiger charge is -2.31. The minimum atomic E-state index is 0.102. The summed E-state index contributed by atoms with van der Waals surface area (Å²) in [6.07, 6.45) is 5.53. The third-order valence-electron chi connectivity index (χ3n) is 4.80. The second-order valence-corrected chi connectivity index (χ2v) is 6.34. The smallest absolute Gasteiger partial charge is 0.150 e. The number of aryl methyl sites for hydroxylation is 1. The molecule has 0 spiro atoms. The number of benzene rings is 1. The molecule has 0 saturated carbocycles. The maximum absolute atomic E-state index is 5.92. The van der Waals surface area contributed by atoms with E-state index in [-0.39, 0.29) is 6.23 Å². The molecule has 0 radical (unpaired) electrons. The van der Waals surface area contributed by atoms with Gasteiger partial charge in [-0.3, -0.25) is 0 Å². The highest BCUT2D eigenvalue weighted by molar-refractivity contribution is 5.84. The molecule has 2 fully saturated rings. The van der Waals surface area contributed by atoms with E-state index in [2.05, 4.69) is 39.1 Å². The van der Waals surface area contributed by atoms with E-state index >= 15 is 0 Å². The number of fused-ring (bicyclic) bond motifs is 1. The molecule has 3 heterocycles. The summed E-state index contributed by atoms with van der Waals surface area (Å²) in [6.45, 7) is 7.31. The van der Waals surface area contributed by atoms with Crippen LogP contribution in [-0.2, 0) is 4.74 Å². The average molecular weight is 300 g/mol. The first kappa shape index (κ1) is 14.0. The molecule has 4 rings (SSSR count). The van der Waals surface area contributed by atoms with Crippen LogP contribution < -0.4 is 10.2 Å². The molecule has 1 unspecified atom stereocenters. The van der Waals surface area contributed by atoms with Crippen LogP contribution in [0.4, 0.5) is 5.69 Å². The number of hydrogen-bond donors (Lipinski definition) is 1. The van der Waals surface area contributed by atoms with Gasteiger partial charge in [-0.1, -0.05) is 0 Å². The molecule has 1 atom stereocenters. The van der Waals surface area contributed by atoms with E-state index in [1.54, 1.807) is 0 Å². The number of aromatic nitrogens is 2. The molecule has 1 N–H and O–H groups in total. The normalized spacial score (nSPS) is 23.1. The summed E-state index contributed by atoms with van der Waals surface area (Å²) in [5.41, 5.74) is 3.87. The molecule has 2 aliphatic heterocycles. The first-order valence-corrected chi connectivity index (χ1v) is 8.38. The zero-order valence-corrected chi connectivity index (χ0v) is 13.2. The predicted molar refractivity (Wildman–Crippen MR) is 88.4 cm³/mol. The number of rotatable bonds is 2. The molecule has 1 aromatic heterocycles. The summed E-state index contributed by atoms with van der Waals surface area (Å²) in [5.74, 6) is 0. The third-order valence-corrected chi connectivity index (χ3v) is 4.80. The summed E-state index contributed by atoms with van der Waals surface area (Å²) in [5, 5.41) is 9.24. The average Bonchev–Trinajstić information content (AvgIpc) is 2.98. The number of nitrogens with zero attached hydrogens (tertiary/aromatic N) is 3. The van der Waals surface area contributed by atoms with Crippen molar-refractivity contribution >= 4 is 16.6 Å². The van der Waals surface area contributed by atoms with Crippen molar-refractivity contribution in [2.24, 2.45) is 0 Å². The van der Waals surface area contributed by atoms with Gasteiger partial charge in [0.15, 0.2) is 6.23 Å². The Kier molecular flexibility index (Phi) is 3.76. The van der Waals surface area contributed by atoms with Gasteiger partial charge < -0.3 is 15.0 Å². The van der Waals surface area contributed by atoms with Crippen molar-refractivity contribution in [2.75, 3.05) is 37.7 Å². The Balaban J connectivity index is 1.73. The lowest BCUT2D eigenvalue weighted by molar-refractivity contribution is -0.0366. The van der Waals surface area contributed by atoms with Gasteiger partial charge in [-0.2, -0.15) is 5.10 Å². The van der Waals surface area contributed by atoms with E-state index in [0.717, 1.165) is 39.2 Å². The largest absolute Gasteiger partial charge is 0.369 e. The first-order valence-electron chi connectivity index (χ1n) is 8.38. The Bertz CT molecular complexity index is 654. The minimum Gasteiger partial charge on any atom is -0.369 e. The lowest BCUT2D eigenvalue weighted by atomic mass is 10.1. The molecule has 1 aromatic carbocycles. The Morgan fingerprint density at radius 1 is 1.23 bits per heavy atom. The second-order valence-electron chi connectivity index (χ2n) is 6.34. The zero-order chi connectivity index (χ0) is 14.9. The van der Waals surface area contributed by atoms with E-state index in [9.17, 15) is 0 Å². The maximum atomic E-state index is 5.92. The Labute approximate surface area is 131 Å². The van der Waals surface area contributed by atoms with Crippen LogP contribution in [0.15, 0.2) is 18.3 Å². The van der Waals surface area contributed by atoms with E-state index in [1.165, 1.54) is 35.0 Å². The molecule has 22 heavy (non-hydrogen) atoms. The Hall–Kier alpha value is -1.59. The van der Waals surface area contributed by atoms with E-state index in [1.807, 2.05) is 6.20 Å². The summed E-state index contributed by atoms with van der Waals surface area (Å²) in [7, 11) is 0. The molecular weight excluding hydrogens is 276 g/mol. The molecular formula is C17H24N4O. The van der Waals surface area contributed by atoms with E-state index in [4.69, 9.17) is 4.74 Å². The molecule has 0 aliphatic carbocycles.